The molecule has 0 aliphatic carbocycles. The van der Waals surface area contributed by atoms with Crippen LogP contribution in [0.5, 0.6) is 5.75 Å². The van der Waals surface area contributed by atoms with Crippen molar-refractivity contribution in [1.29, 1.82) is 0 Å². The zero-order chi connectivity index (χ0) is 20.4. The maximum atomic E-state index is 14.4. The van der Waals surface area contributed by atoms with Crippen molar-refractivity contribution in [2.75, 3.05) is 11.9 Å². The van der Waals surface area contributed by atoms with Gasteiger partial charge in [-0.05, 0) is 58.6 Å². The third kappa shape index (κ3) is 4.46. The summed E-state index contributed by atoms with van der Waals surface area (Å²) in [6.45, 7) is 10.7. The maximum Gasteiger partial charge on any atom is 0.273 e. The molecule has 28 heavy (non-hydrogen) atoms. The van der Waals surface area contributed by atoms with Crippen LogP contribution in [0.15, 0.2) is 18.2 Å². The van der Waals surface area contributed by atoms with Crippen molar-refractivity contribution in [2.24, 2.45) is 5.92 Å². The van der Waals surface area contributed by atoms with Gasteiger partial charge in [0.15, 0.2) is 5.13 Å². The van der Waals surface area contributed by atoms with Crippen molar-refractivity contribution in [2.45, 2.75) is 59.6 Å². The number of halogens is 1. The van der Waals surface area contributed by atoms with Gasteiger partial charge in [0.2, 0.25) is 0 Å². The fourth-order valence-corrected chi connectivity index (χ4v) is 4.28. The molecule has 2 atom stereocenters. The van der Waals surface area contributed by atoms with E-state index in [1.165, 1.54) is 17.4 Å². The number of aromatic nitrogens is 1. The van der Waals surface area contributed by atoms with E-state index in [4.69, 9.17) is 4.74 Å². The molecule has 7 heteroatoms. The van der Waals surface area contributed by atoms with E-state index >= 15 is 0 Å². The lowest BCUT2D eigenvalue weighted by Gasteiger charge is -2.37. The van der Waals surface area contributed by atoms with E-state index < -0.39 is 5.82 Å². The first kappa shape index (κ1) is 20.6. The van der Waals surface area contributed by atoms with Crippen LogP contribution < -0.4 is 10.1 Å². The smallest absolute Gasteiger partial charge is 0.273 e. The SMILES string of the molecule is Cc1sc(Nc2ccc(OC(C)C)cc2F)nc1C(=O)N1CCCC(C)C1C. The molecular weight excluding hydrogens is 377 g/mol. The largest absolute Gasteiger partial charge is 0.491 e. The first-order valence-corrected chi connectivity index (χ1v) is 10.6. The van der Waals surface area contributed by atoms with Gasteiger partial charge in [-0.15, -0.1) is 11.3 Å². The lowest BCUT2D eigenvalue weighted by Crippen LogP contribution is -2.46. The first-order valence-electron chi connectivity index (χ1n) is 9.78. The molecule has 0 bridgehead atoms. The number of amides is 1. The summed E-state index contributed by atoms with van der Waals surface area (Å²) in [5.74, 6) is 0.506. The highest BCUT2D eigenvalue weighted by atomic mass is 32.1. The second-order valence-corrected chi connectivity index (χ2v) is 8.92. The number of nitrogens with zero attached hydrogens (tertiary/aromatic N) is 2. The predicted octanol–water partition coefficient (Wildman–Crippen LogP) is 5.38. The Morgan fingerprint density at radius 2 is 2.14 bits per heavy atom. The third-order valence-electron chi connectivity index (χ3n) is 5.19. The molecule has 1 aliphatic rings. The minimum absolute atomic E-state index is 0.0201. The summed E-state index contributed by atoms with van der Waals surface area (Å²) in [4.78, 5) is 20.2. The normalized spacial score (nSPS) is 19.8. The van der Waals surface area contributed by atoms with E-state index in [0.29, 0.717) is 28.2 Å². The van der Waals surface area contributed by atoms with E-state index in [0.717, 1.165) is 24.3 Å². The molecule has 1 N–H and O–H groups in total. The number of anilines is 2. The monoisotopic (exact) mass is 405 g/mol. The van der Waals surface area contributed by atoms with Crippen LogP contribution in [0, 0.1) is 18.7 Å². The van der Waals surface area contributed by atoms with Crippen molar-refractivity contribution in [3.8, 4) is 5.75 Å². The average Bonchev–Trinajstić information content (AvgIpc) is 2.99. The van der Waals surface area contributed by atoms with Gasteiger partial charge in [0.1, 0.15) is 17.3 Å². The molecule has 2 unspecified atom stereocenters. The summed E-state index contributed by atoms with van der Waals surface area (Å²) in [6, 6.07) is 4.89. The molecule has 0 saturated carbocycles. The molecule has 5 nitrogen and oxygen atoms in total. The molecule has 3 rings (SSSR count). The fourth-order valence-electron chi connectivity index (χ4n) is 3.46. The molecule has 1 aromatic carbocycles. The maximum absolute atomic E-state index is 14.4. The highest BCUT2D eigenvalue weighted by Crippen LogP contribution is 2.31. The Bertz CT molecular complexity index is 852. The number of hydrogen-bond acceptors (Lipinski definition) is 5. The minimum atomic E-state index is -0.419. The molecule has 1 saturated heterocycles. The number of rotatable bonds is 5. The zero-order valence-corrected chi connectivity index (χ0v) is 17.9. The molecule has 152 valence electrons. The summed E-state index contributed by atoms with van der Waals surface area (Å²) in [6.07, 6.45) is 2.14. The van der Waals surface area contributed by atoms with Gasteiger partial charge in [-0.1, -0.05) is 6.92 Å². The minimum Gasteiger partial charge on any atom is -0.491 e. The number of benzene rings is 1. The van der Waals surface area contributed by atoms with Crippen LogP contribution in [-0.2, 0) is 0 Å². The van der Waals surface area contributed by atoms with Gasteiger partial charge in [-0.3, -0.25) is 4.79 Å². The van der Waals surface area contributed by atoms with Crippen molar-refractivity contribution < 1.29 is 13.9 Å². The number of likely N-dealkylation sites (tertiary alicyclic amines) is 1. The number of carbonyl (C=O) groups is 1. The van der Waals surface area contributed by atoms with Crippen molar-refractivity contribution in [1.82, 2.24) is 9.88 Å². The van der Waals surface area contributed by atoms with Crippen LogP contribution in [0.3, 0.4) is 0 Å². The predicted molar refractivity (Wildman–Crippen MR) is 111 cm³/mol. The molecular formula is C21H28FN3O2S. The molecule has 1 amide bonds. The lowest BCUT2D eigenvalue weighted by atomic mass is 9.92. The van der Waals surface area contributed by atoms with E-state index in [2.05, 4.69) is 24.1 Å². The number of ether oxygens (including phenoxy) is 1. The number of nitrogens with one attached hydrogen (secondary N) is 1. The molecule has 1 aliphatic heterocycles. The van der Waals surface area contributed by atoms with E-state index in [1.54, 1.807) is 12.1 Å². The summed E-state index contributed by atoms with van der Waals surface area (Å²) in [7, 11) is 0. The topological polar surface area (TPSA) is 54.5 Å². The Balaban J connectivity index is 1.76. The van der Waals surface area contributed by atoms with Gasteiger partial charge < -0.3 is 15.0 Å². The fraction of sp³-hybridized carbons (Fsp3) is 0.524. The number of piperidine rings is 1. The number of thiazole rings is 1. The Morgan fingerprint density at radius 1 is 1.39 bits per heavy atom. The Morgan fingerprint density at radius 3 is 2.82 bits per heavy atom. The highest BCUT2D eigenvalue weighted by molar-refractivity contribution is 7.15. The van der Waals surface area contributed by atoms with E-state index in [9.17, 15) is 9.18 Å². The van der Waals surface area contributed by atoms with Crippen molar-refractivity contribution >= 4 is 28.1 Å². The van der Waals surface area contributed by atoms with Gasteiger partial charge in [0.05, 0.1) is 11.8 Å². The first-order chi connectivity index (χ1) is 13.3. The van der Waals surface area contributed by atoms with Crippen LogP contribution in [0.4, 0.5) is 15.2 Å². The lowest BCUT2D eigenvalue weighted by molar-refractivity contribution is 0.0545. The summed E-state index contributed by atoms with van der Waals surface area (Å²) in [5.41, 5.74) is 0.762. The molecule has 1 fully saturated rings. The Labute approximate surface area is 169 Å². The van der Waals surface area contributed by atoms with Gasteiger partial charge in [0, 0.05) is 23.5 Å². The second kappa shape index (κ2) is 8.47. The molecule has 1 aromatic heterocycles. The van der Waals surface area contributed by atoms with Crippen LogP contribution >= 0.6 is 11.3 Å². The third-order valence-corrected chi connectivity index (χ3v) is 6.07. The van der Waals surface area contributed by atoms with Crippen molar-refractivity contribution in [3.05, 3.63) is 34.6 Å². The van der Waals surface area contributed by atoms with E-state index in [1.807, 2.05) is 25.7 Å². The summed E-state index contributed by atoms with van der Waals surface area (Å²) in [5, 5.41) is 3.51. The Hall–Kier alpha value is -2.15. The van der Waals surface area contributed by atoms with Gasteiger partial charge in [0.25, 0.3) is 5.91 Å². The molecule has 2 aromatic rings. The quantitative estimate of drug-likeness (QED) is 0.725. The molecule has 0 spiro atoms. The number of carbonyl (C=O) groups excluding carboxylic acids is 1. The second-order valence-electron chi connectivity index (χ2n) is 7.72. The van der Waals surface area contributed by atoms with E-state index in [-0.39, 0.29) is 18.1 Å². The Kier molecular flexibility index (Phi) is 6.23. The van der Waals surface area contributed by atoms with Gasteiger partial charge >= 0.3 is 0 Å². The van der Waals surface area contributed by atoms with Gasteiger partial charge in [-0.2, -0.15) is 0 Å². The standard InChI is InChI=1S/C21H28FN3O2S/c1-12(2)27-16-8-9-18(17(22)11-16)23-21-24-19(15(5)28-21)20(26)25-10-6-7-13(3)14(25)4/h8-9,11-14H,6-7,10H2,1-5H3,(H,23,24). The van der Waals surface area contributed by atoms with Crippen molar-refractivity contribution in [3.63, 3.8) is 0 Å². The summed E-state index contributed by atoms with van der Waals surface area (Å²) < 4.78 is 19.9. The average molecular weight is 406 g/mol. The number of hydrogen-bond donors (Lipinski definition) is 1. The highest BCUT2D eigenvalue weighted by Gasteiger charge is 2.31. The molecule has 2 heterocycles. The summed E-state index contributed by atoms with van der Waals surface area (Å²) >= 11 is 1.36. The molecule has 0 radical (unpaired) electrons. The van der Waals surface area contributed by atoms with Crippen LogP contribution in [0.25, 0.3) is 0 Å². The van der Waals surface area contributed by atoms with Crippen LogP contribution in [0.1, 0.15) is 55.9 Å². The van der Waals surface area contributed by atoms with Gasteiger partial charge in [-0.25, -0.2) is 9.37 Å². The zero-order valence-electron chi connectivity index (χ0n) is 17.1. The van der Waals surface area contributed by atoms with Crippen LogP contribution in [-0.4, -0.2) is 34.5 Å². The number of aryl methyl sites for hydroxylation is 1. The van der Waals surface area contributed by atoms with Crippen LogP contribution in [0.2, 0.25) is 0 Å².